The molecule has 0 aliphatic heterocycles. The molecule has 0 fully saturated rings. The summed E-state index contributed by atoms with van der Waals surface area (Å²) in [5.41, 5.74) is 0.682. The van der Waals surface area contributed by atoms with Crippen LogP contribution in [0.2, 0.25) is 0 Å². The Morgan fingerprint density at radius 1 is 1.43 bits per heavy atom. The highest BCUT2D eigenvalue weighted by molar-refractivity contribution is 7.15. The van der Waals surface area contributed by atoms with Gasteiger partial charge in [0.05, 0.1) is 10.6 Å². The number of hydrogen-bond acceptors (Lipinski definition) is 6. The molecule has 21 heavy (non-hydrogen) atoms. The number of anilines is 1. The number of amides is 1. The number of carbonyl (C=O) groups excluding carboxylic acids is 1. The van der Waals surface area contributed by atoms with Gasteiger partial charge in [0.25, 0.3) is 5.91 Å². The van der Waals surface area contributed by atoms with Gasteiger partial charge in [0.2, 0.25) is 0 Å². The average molecular weight is 307 g/mol. The van der Waals surface area contributed by atoms with Crippen molar-refractivity contribution in [3.05, 3.63) is 45.0 Å². The van der Waals surface area contributed by atoms with Gasteiger partial charge in [0.15, 0.2) is 17.5 Å². The topological polar surface area (TPSA) is 94.4 Å². The predicted octanol–water partition coefficient (Wildman–Crippen LogP) is 2.69. The zero-order chi connectivity index (χ0) is 15.4. The molecule has 0 saturated carbocycles. The molecule has 2 aromatic rings. The molecule has 0 spiro atoms. The molecule has 7 nitrogen and oxygen atoms in total. The first-order valence-corrected chi connectivity index (χ1v) is 6.89. The predicted molar refractivity (Wildman–Crippen MR) is 78.8 cm³/mol. The molecular weight excluding hydrogens is 294 g/mol. The second kappa shape index (κ2) is 6.31. The van der Waals surface area contributed by atoms with Crippen LogP contribution in [0.25, 0.3) is 0 Å². The normalized spacial score (nSPS) is 10.2. The minimum Gasteiger partial charge on any atom is -0.477 e. The Morgan fingerprint density at radius 3 is 2.76 bits per heavy atom. The van der Waals surface area contributed by atoms with Crippen LogP contribution in [-0.2, 0) is 4.79 Å². The number of ether oxygens (including phenoxy) is 1. The van der Waals surface area contributed by atoms with Crippen molar-refractivity contribution in [3.8, 4) is 5.75 Å². The first-order valence-electron chi connectivity index (χ1n) is 6.07. The lowest BCUT2D eigenvalue weighted by Gasteiger charge is -2.06. The summed E-state index contributed by atoms with van der Waals surface area (Å²) >= 11 is 1.37. The Hall–Kier alpha value is -2.48. The molecule has 2 rings (SSSR count). The van der Waals surface area contributed by atoms with Gasteiger partial charge in [-0.2, -0.15) is 0 Å². The standard InChI is InChI=1S/C13H13N3O4S/c1-8-9(2)21-13(14-8)15-12(17)7-20-11-6-4-3-5-10(11)16(18)19/h3-6H,7H2,1-2H3,(H,14,15,17). The number of nitro groups is 1. The maximum absolute atomic E-state index is 11.7. The van der Waals surface area contributed by atoms with Crippen LogP contribution in [0.3, 0.4) is 0 Å². The number of nitrogens with one attached hydrogen (secondary N) is 1. The van der Waals surface area contributed by atoms with E-state index in [1.165, 1.54) is 29.5 Å². The van der Waals surface area contributed by atoms with Crippen molar-refractivity contribution >= 4 is 28.1 Å². The maximum atomic E-state index is 11.7. The van der Waals surface area contributed by atoms with E-state index in [4.69, 9.17) is 4.74 Å². The fourth-order valence-corrected chi connectivity index (χ4v) is 2.39. The van der Waals surface area contributed by atoms with Gasteiger partial charge >= 0.3 is 5.69 Å². The monoisotopic (exact) mass is 307 g/mol. The largest absolute Gasteiger partial charge is 0.477 e. The number of para-hydroxylation sites is 2. The van der Waals surface area contributed by atoms with E-state index in [0.717, 1.165) is 10.6 Å². The van der Waals surface area contributed by atoms with Crippen LogP contribution in [0.1, 0.15) is 10.6 Å². The number of rotatable bonds is 5. The molecule has 1 aromatic heterocycles. The molecule has 0 radical (unpaired) electrons. The van der Waals surface area contributed by atoms with E-state index >= 15 is 0 Å². The van der Waals surface area contributed by atoms with Crippen molar-refractivity contribution in [2.75, 3.05) is 11.9 Å². The van der Waals surface area contributed by atoms with Gasteiger partial charge in [-0.3, -0.25) is 20.2 Å². The van der Waals surface area contributed by atoms with Crippen LogP contribution in [-0.4, -0.2) is 22.4 Å². The number of aryl methyl sites for hydroxylation is 2. The van der Waals surface area contributed by atoms with Crippen LogP contribution < -0.4 is 10.1 Å². The quantitative estimate of drug-likeness (QED) is 0.677. The molecule has 0 saturated heterocycles. The summed E-state index contributed by atoms with van der Waals surface area (Å²) in [4.78, 5) is 27.2. The molecule has 0 bridgehead atoms. The zero-order valence-corrected chi connectivity index (χ0v) is 12.3. The first kappa shape index (κ1) is 14.9. The van der Waals surface area contributed by atoms with E-state index in [2.05, 4.69) is 10.3 Å². The summed E-state index contributed by atoms with van der Waals surface area (Å²) in [5.74, 6) is -0.356. The third kappa shape index (κ3) is 3.76. The third-order valence-corrected chi connectivity index (χ3v) is 3.68. The highest BCUT2D eigenvalue weighted by Gasteiger charge is 2.15. The minimum atomic E-state index is -0.555. The number of thiazole rings is 1. The summed E-state index contributed by atoms with van der Waals surface area (Å²) in [6.45, 7) is 3.44. The first-order chi connectivity index (χ1) is 9.97. The van der Waals surface area contributed by atoms with E-state index in [1.807, 2.05) is 13.8 Å². The van der Waals surface area contributed by atoms with E-state index in [9.17, 15) is 14.9 Å². The highest BCUT2D eigenvalue weighted by atomic mass is 32.1. The van der Waals surface area contributed by atoms with Gasteiger partial charge in [-0.1, -0.05) is 12.1 Å². The number of nitro benzene ring substituents is 1. The summed E-state index contributed by atoms with van der Waals surface area (Å²) in [6.07, 6.45) is 0. The van der Waals surface area contributed by atoms with Crippen molar-refractivity contribution in [1.29, 1.82) is 0 Å². The van der Waals surface area contributed by atoms with Crippen molar-refractivity contribution in [2.24, 2.45) is 0 Å². The van der Waals surface area contributed by atoms with Gasteiger partial charge in [0, 0.05) is 10.9 Å². The Labute approximate surface area is 124 Å². The third-order valence-electron chi connectivity index (χ3n) is 2.70. The van der Waals surface area contributed by atoms with Crippen LogP contribution >= 0.6 is 11.3 Å². The van der Waals surface area contributed by atoms with Gasteiger partial charge in [-0.15, -0.1) is 11.3 Å². The number of aromatic nitrogens is 1. The Balaban J connectivity index is 1.97. The number of carbonyl (C=O) groups is 1. The molecule has 1 N–H and O–H groups in total. The molecule has 0 aliphatic carbocycles. The highest BCUT2D eigenvalue weighted by Crippen LogP contribution is 2.26. The fraction of sp³-hybridized carbons (Fsp3) is 0.231. The second-order valence-corrected chi connectivity index (χ2v) is 5.43. The van der Waals surface area contributed by atoms with Crippen molar-refractivity contribution < 1.29 is 14.5 Å². The lowest BCUT2D eigenvalue weighted by molar-refractivity contribution is -0.385. The average Bonchev–Trinajstić information content (AvgIpc) is 2.75. The lowest BCUT2D eigenvalue weighted by Crippen LogP contribution is -2.20. The molecule has 0 atom stereocenters. The molecule has 1 aromatic carbocycles. The van der Waals surface area contributed by atoms with E-state index in [-0.39, 0.29) is 18.0 Å². The lowest BCUT2D eigenvalue weighted by atomic mass is 10.3. The smallest absolute Gasteiger partial charge is 0.310 e. The minimum absolute atomic E-state index is 0.0594. The van der Waals surface area contributed by atoms with Crippen molar-refractivity contribution in [1.82, 2.24) is 4.98 Å². The van der Waals surface area contributed by atoms with E-state index in [0.29, 0.717) is 5.13 Å². The number of benzene rings is 1. The Bertz CT molecular complexity index is 664. The Morgan fingerprint density at radius 2 is 2.14 bits per heavy atom. The maximum Gasteiger partial charge on any atom is 0.310 e. The summed E-state index contributed by atoms with van der Waals surface area (Å²) in [5, 5.41) is 13.9. The SMILES string of the molecule is Cc1nc(NC(=O)COc2ccccc2[N+](=O)[O-])sc1C. The van der Waals surface area contributed by atoms with Crippen molar-refractivity contribution in [3.63, 3.8) is 0 Å². The molecule has 1 heterocycles. The molecule has 8 heteroatoms. The van der Waals surface area contributed by atoms with E-state index < -0.39 is 10.8 Å². The van der Waals surface area contributed by atoms with E-state index in [1.54, 1.807) is 6.07 Å². The molecule has 110 valence electrons. The number of hydrogen-bond donors (Lipinski definition) is 1. The Kier molecular flexibility index (Phi) is 4.49. The van der Waals surface area contributed by atoms with Gasteiger partial charge in [-0.05, 0) is 19.9 Å². The summed E-state index contributed by atoms with van der Waals surface area (Å²) < 4.78 is 5.19. The van der Waals surface area contributed by atoms with Crippen LogP contribution in [0.15, 0.2) is 24.3 Å². The molecule has 0 unspecified atom stereocenters. The van der Waals surface area contributed by atoms with Gasteiger partial charge in [0.1, 0.15) is 0 Å². The van der Waals surface area contributed by atoms with Crippen molar-refractivity contribution in [2.45, 2.75) is 13.8 Å². The molecule has 1 amide bonds. The van der Waals surface area contributed by atoms with Gasteiger partial charge in [-0.25, -0.2) is 4.98 Å². The second-order valence-electron chi connectivity index (χ2n) is 4.22. The molecular formula is C13H13N3O4S. The number of nitrogens with zero attached hydrogens (tertiary/aromatic N) is 2. The van der Waals surface area contributed by atoms with Gasteiger partial charge < -0.3 is 4.74 Å². The van der Waals surface area contributed by atoms with Crippen LogP contribution in [0.4, 0.5) is 10.8 Å². The summed E-state index contributed by atoms with van der Waals surface area (Å²) in [6, 6.07) is 5.91. The zero-order valence-electron chi connectivity index (χ0n) is 11.5. The van der Waals surface area contributed by atoms with Crippen LogP contribution in [0.5, 0.6) is 5.75 Å². The fourth-order valence-electron chi connectivity index (χ4n) is 1.55. The van der Waals surface area contributed by atoms with Crippen LogP contribution in [0, 0.1) is 24.0 Å². The summed E-state index contributed by atoms with van der Waals surface area (Å²) in [7, 11) is 0. The molecule has 0 aliphatic rings.